The van der Waals surface area contributed by atoms with E-state index in [-0.39, 0.29) is 29.0 Å². The predicted molar refractivity (Wildman–Crippen MR) is 85.7 cm³/mol. The van der Waals surface area contributed by atoms with Crippen LogP contribution in [0.3, 0.4) is 0 Å². The zero-order valence-electron chi connectivity index (χ0n) is 11.0. The molecule has 0 spiro atoms. The Balaban J connectivity index is 2.35. The molecule has 0 aromatic carbocycles. The molecule has 1 aliphatic heterocycles. The van der Waals surface area contributed by atoms with Gasteiger partial charge in [0.15, 0.2) is 5.12 Å². The van der Waals surface area contributed by atoms with Crippen molar-refractivity contribution in [2.45, 2.75) is 44.8 Å². The Morgan fingerprint density at radius 2 is 2.26 bits per heavy atom. The van der Waals surface area contributed by atoms with Crippen LogP contribution in [0, 0.1) is 0 Å². The van der Waals surface area contributed by atoms with Crippen LogP contribution < -0.4 is 0 Å². The average molecular weight is 322 g/mol. The highest BCUT2D eigenvalue weighted by Gasteiger charge is 2.29. The summed E-state index contributed by atoms with van der Waals surface area (Å²) in [5, 5.41) is 0.0950. The number of thiol groups is 1. The highest BCUT2D eigenvalue weighted by Crippen LogP contribution is 2.23. The molecule has 4 nitrogen and oxygen atoms in total. The number of ether oxygens (including phenoxy) is 1. The van der Waals surface area contributed by atoms with Crippen LogP contribution in [0.4, 0.5) is 0 Å². The number of carbonyl (C=O) groups excluding carboxylic acids is 2. The lowest BCUT2D eigenvalue weighted by atomic mass is 9.99. The molecule has 1 fully saturated rings. The molecule has 3 atom stereocenters. The number of carbonyl (C=O) groups is 2. The summed E-state index contributed by atoms with van der Waals surface area (Å²) >= 11 is 5.37. The number of rotatable bonds is 7. The maximum atomic E-state index is 11.7. The molecule has 1 saturated heterocycles. The first-order chi connectivity index (χ1) is 9.01. The van der Waals surface area contributed by atoms with Crippen molar-refractivity contribution < 1.29 is 19.0 Å². The Morgan fingerprint density at radius 1 is 1.58 bits per heavy atom. The highest BCUT2D eigenvalue weighted by molar-refractivity contribution is 8.23. The van der Waals surface area contributed by atoms with E-state index in [2.05, 4.69) is 21.6 Å². The molecule has 0 amide bonds. The molecule has 1 aliphatic rings. The Kier molecular flexibility index (Phi) is 8.66. The van der Waals surface area contributed by atoms with E-state index in [0.29, 0.717) is 32.3 Å². The molecule has 1 rings (SSSR count). The van der Waals surface area contributed by atoms with Crippen LogP contribution in [0.15, 0.2) is 0 Å². The van der Waals surface area contributed by atoms with Crippen LogP contribution in [-0.2, 0) is 19.0 Å². The van der Waals surface area contributed by atoms with Gasteiger partial charge >= 0.3 is 5.91 Å². The van der Waals surface area contributed by atoms with Gasteiger partial charge in [0.1, 0.15) is 5.78 Å². The first kappa shape index (κ1) is 17.5. The summed E-state index contributed by atoms with van der Waals surface area (Å²) in [6.07, 6.45) is 1.35. The monoisotopic (exact) mass is 322 g/mol. The molecule has 0 radical (unpaired) electrons. The fourth-order valence-corrected chi connectivity index (χ4v) is 2.84. The molecule has 8 heteroatoms. The van der Waals surface area contributed by atoms with E-state index in [4.69, 9.17) is 9.39 Å². The van der Waals surface area contributed by atoms with Gasteiger partial charge in [0.25, 0.3) is 0 Å². The van der Waals surface area contributed by atoms with E-state index in [0.717, 1.165) is 5.75 Å². The third-order valence-corrected chi connectivity index (χ3v) is 3.84. The summed E-state index contributed by atoms with van der Waals surface area (Å²) < 4.78 is 11.1. The van der Waals surface area contributed by atoms with Crippen LogP contribution in [0.1, 0.15) is 32.6 Å². The van der Waals surface area contributed by atoms with Gasteiger partial charge in [-0.3, -0.25) is 9.59 Å². The molecule has 0 saturated carbocycles. The second kappa shape index (κ2) is 9.40. The molecule has 0 bridgehead atoms. The highest BCUT2D eigenvalue weighted by atomic mass is 32.2. The van der Waals surface area contributed by atoms with Crippen molar-refractivity contribution in [1.29, 1.82) is 0 Å². The SMILES string of the molecule is CCSC(=O)C[C@H]1CC(=O)C[C@H](CCOB(P)S)O1. The lowest BCUT2D eigenvalue weighted by molar-refractivity contribution is -0.138. The maximum absolute atomic E-state index is 11.7. The lowest BCUT2D eigenvalue weighted by Gasteiger charge is -2.29. The fourth-order valence-electron chi connectivity index (χ4n) is 1.98. The second-order valence-electron chi connectivity index (χ2n) is 4.39. The molecule has 0 aliphatic carbocycles. The van der Waals surface area contributed by atoms with Crippen molar-refractivity contribution in [3.63, 3.8) is 0 Å². The fraction of sp³-hybridized carbons (Fsp3) is 0.818. The first-order valence-corrected chi connectivity index (χ1v) is 8.56. The van der Waals surface area contributed by atoms with Gasteiger partial charge in [0.05, 0.1) is 12.2 Å². The third-order valence-electron chi connectivity index (χ3n) is 2.72. The lowest BCUT2D eigenvalue weighted by Crippen LogP contribution is -2.35. The normalized spacial score (nSPS) is 23.4. The molecule has 0 aromatic heterocycles. The standard InChI is InChI=1S/C11H20BO4PS2/c1-2-19-11(14)7-10-6-8(13)5-9(16-10)3-4-15-12(17)18/h9-10,18H,2-7,17H2,1H3/t9-,10+/m0/s1. The molecule has 1 unspecified atom stereocenters. The Morgan fingerprint density at radius 3 is 2.89 bits per heavy atom. The molecule has 1 heterocycles. The summed E-state index contributed by atoms with van der Waals surface area (Å²) in [5.74, 6) is 0.732. The van der Waals surface area contributed by atoms with Crippen LogP contribution in [0.2, 0.25) is 0 Å². The van der Waals surface area contributed by atoms with Crippen molar-refractivity contribution >= 4 is 50.2 Å². The van der Waals surface area contributed by atoms with Gasteiger partial charge < -0.3 is 9.39 Å². The van der Waals surface area contributed by atoms with Crippen LogP contribution in [0.5, 0.6) is 0 Å². The average Bonchev–Trinajstić information content (AvgIpc) is 2.27. The van der Waals surface area contributed by atoms with E-state index < -0.39 is 0 Å². The summed E-state index contributed by atoms with van der Waals surface area (Å²) in [6, 6.07) is 0. The minimum Gasteiger partial charge on any atom is -0.422 e. The smallest absolute Gasteiger partial charge is 0.380 e. The van der Waals surface area contributed by atoms with Gasteiger partial charge in [0.2, 0.25) is 0 Å². The second-order valence-corrected chi connectivity index (χ2v) is 7.38. The Hall–Kier alpha value is 0.455. The number of Topliss-reactive ketones (excluding diaryl/α,β-unsaturated/α-hetero) is 1. The molecular formula is C11H20BO4PS2. The van der Waals surface area contributed by atoms with E-state index in [1.807, 2.05) is 6.92 Å². The first-order valence-electron chi connectivity index (χ1n) is 6.39. The number of thioether (sulfide) groups is 1. The number of hydrogen-bond acceptors (Lipinski definition) is 6. The van der Waals surface area contributed by atoms with Crippen molar-refractivity contribution in [1.82, 2.24) is 0 Å². The van der Waals surface area contributed by atoms with E-state index in [9.17, 15) is 9.59 Å². The number of ketones is 1. The summed E-state index contributed by atoms with van der Waals surface area (Å²) in [5.41, 5.74) is 0. The van der Waals surface area contributed by atoms with Gasteiger partial charge in [-0.15, -0.1) is 9.12 Å². The summed E-state index contributed by atoms with van der Waals surface area (Å²) in [6.45, 7) is 2.44. The largest absolute Gasteiger partial charge is 0.422 e. The van der Waals surface area contributed by atoms with Crippen molar-refractivity contribution in [3.05, 3.63) is 0 Å². The van der Waals surface area contributed by atoms with Gasteiger partial charge in [-0.2, -0.15) is 12.5 Å². The van der Waals surface area contributed by atoms with Crippen molar-refractivity contribution in [3.8, 4) is 0 Å². The maximum Gasteiger partial charge on any atom is 0.380 e. The Labute approximate surface area is 126 Å². The third kappa shape index (κ3) is 7.71. The predicted octanol–water partition coefficient (Wildman–Crippen LogP) is 1.97. The van der Waals surface area contributed by atoms with Crippen molar-refractivity contribution in [2.75, 3.05) is 12.4 Å². The molecule has 0 N–H and O–H groups in total. The molecule has 19 heavy (non-hydrogen) atoms. The topological polar surface area (TPSA) is 52.6 Å². The van der Waals surface area contributed by atoms with E-state index in [1.165, 1.54) is 11.8 Å². The van der Waals surface area contributed by atoms with Gasteiger partial charge in [-0.05, 0) is 12.2 Å². The van der Waals surface area contributed by atoms with Gasteiger partial charge in [0, 0.05) is 25.9 Å². The number of hydrogen-bond donors (Lipinski definition) is 1. The molecule has 108 valence electrons. The molecular weight excluding hydrogens is 302 g/mol. The van der Waals surface area contributed by atoms with Crippen LogP contribution in [-0.4, -0.2) is 41.4 Å². The Bertz CT molecular complexity index is 317. The van der Waals surface area contributed by atoms with Crippen molar-refractivity contribution in [2.24, 2.45) is 0 Å². The summed E-state index contributed by atoms with van der Waals surface area (Å²) in [7, 11) is 2.43. The van der Waals surface area contributed by atoms with E-state index in [1.54, 1.807) is 0 Å². The zero-order chi connectivity index (χ0) is 14.3. The minimum atomic E-state index is -0.263. The summed E-state index contributed by atoms with van der Waals surface area (Å²) in [4.78, 5) is 23.2. The van der Waals surface area contributed by atoms with Crippen LogP contribution in [0.25, 0.3) is 0 Å². The quantitative estimate of drug-likeness (QED) is 0.441. The zero-order valence-corrected chi connectivity index (χ0v) is 13.9. The van der Waals surface area contributed by atoms with Gasteiger partial charge in [-0.1, -0.05) is 18.7 Å². The van der Waals surface area contributed by atoms with Crippen LogP contribution >= 0.6 is 33.4 Å². The van der Waals surface area contributed by atoms with Gasteiger partial charge in [-0.25, -0.2) is 0 Å². The molecule has 0 aromatic rings. The minimum absolute atomic E-state index is 0.0950. The van der Waals surface area contributed by atoms with E-state index >= 15 is 0 Å².